The van der Waals surface area contributed by atoms with Gasteiger partial charge in [0.1, 0.15) is 0 Å². The lowest BCUT2D eigenvalue weighted by atomic mass is 10.2. The van der Waals surface area contributed by atoms with Crippen molar-refractivity contribution in [3.63, 3.8) is 0 Å². The summed E-state index contributed by atoms with van der Waals surface area (Å²) < 4.78 is 0.363. The number of amides is 2. The summed E-state index contributed by atoms with van der Waals surface area (Å²) in [5, 5.41) is 0. The third-order valence-corrected chi connectivity index (χ3v) is 2.41. The number of carbonyl (C=O) groups excluding carboxylic acids is 2. The maximum absolute atomic E-state index is 11.3. The molecule has 0 N–H and O–H groups in total. The van der Waals surface area contributed by atoms with Gasteiger partial charge in [0.05, 0.1) is 4.43 Å². The van der Waals surface area contributed by atoms with Crippen molar-refractivity contribution in [1.82, 2.24) is 4.90 Å². The van der Waals surface area contributed by atoms with Gasteiger partial charge in [0.15, 0.2) is 0 Å². The van der Waals surface area contributed by atoms with E-state index in [0.717, 1.165) is 6.42 Å². The highest BCUT2D eigenvalue weighted by Gasteiger charge is 2.21. The van der Waals surface area contributed by atoms with Crippen molar-refractivity contribution in [2.24, 2.45) is 0 Å². The Morgan fingerprint density at radius 2 is 2.00 bits per heavy atom. The Balaban J connectivity index is 4.43. The minimum Gasteiger partial charge on any atom is -0.279 e. The molecule has 3 nitrogen and oxygen atoms in total. The van der Waals surface area contributed by atoms with Gasteiger partial charge in [-0.25, -0.2) is 0 Å². The summed E-state index contributed by atoms with van der Waals surface area (Å²) in [5.41, 5.74) is 0. The Labute approximate surface area is 86.6 Å². The van der Waals surface area contributed by atoms with Crippen LogP contribution in [0.15, 0.2) is 0 Å². The van der Waals surface area contributed by atoms with Crippen molar-refractivity contribution in [3.8, 4) is 0 Å². The van der Waals surface area contributed by atoms with Crippen LogP contribution in [0.5, 0.6) is 0 Å². The van der Waals surface area contributed by atoms with Gasteiger partial charge in [0, 0.05) is 13.0 Å². The van der Waals surface area contributed by atoms with Gasteiger partial charge < -0.3 is 0 Å². The van der Waals surface area contributed by atoms with Crippen LogP contribution < -0.4 is 0 Å². The van der Waals surface area contributed by atoms with Gasteiger partial charge >= 0.3 is 0 Å². The van der Waals surface area contributed by atoms with Crippen LogP contribution in [0, 0.1) is 0 Å². The van der Waals surface area contributed by atoms with Crippen molar-refractivity contribution in [3.05, 3.63) is 0 Å². The van der Waals surface area contributed by atoms with Crippen molar-refractivity contribution < 1.29 is 9.59 Å². The number of imide groups is 1. The molecule has 0 fully saturated rings. The Morgan fingerprint density at radius 1 is 1.50 bits per heavy atom. The molecular weight excluding hydrogens is 269 g/mol. The number of halogens is 1. The number of hydrogen-bond donors (Lipinski definition) is 0. The van der Waals surface area contributed by atoms with Crippen LogP contribution in [0.3, 0.4) is 0 Å². The maximum Gasteiger partial charge on any atom is 0.239 e. The van der Waals surface area contributed by atoms with E-state index < -0.39 is 0 Å². The first-order chi connectivity index (χ1) is 5.54. The van der Waals surface area contributed by atoms with Crippen LogP contribution in [0.2, 0.25) is 0 Å². The minimum absolute atomic E-state index is 0.0183. The van der Waals surface area contributed by atoms with Crippen LogP contribution in [-0.2, 0) is 9.59 Å². The quantitative estimate of drug-likeness (QED) is 0.582. The number of alkyl halides is 1. The zero-order valence-electron chi connectivity index (χ0n) is 7.63. The molecule has 0 aromatic heterocycles. The van der Waals surface area contributed by atoms with E-state index >= 15 is 0 Å². The Morgan fingerprint density at radius 3 is 2.25 bits per heavy atom. The van der Waals surface area contributed by atoms with Crippen molar-refractivity contribution in [2.45, 2.75) is 33.2 Å². The van der Waals surface area contributed by atoms with Crippen LogP contribution in [0.1, 0.15) is 27.2 Å². The van der Waals surface area contributed by atoms with E-state index in [1.807, 2.05) is 36.4 Å². The average molecular weight is 283 g/mol. The summed E-state index contributed by atoms with van der Waals surface area (Å²) in [5.74, 6) is -0.261. The summed E-state index contributed by atoms with van der Waals surface area (Å²) >= 11 is 1.97. The van der Waals surface area contributed by atoms with Crippen LogP contribution in [0.25, 0.3) is 0 Å². The Kier molecular flexibility index (Phi) is 5.44. The number of nitrogens with zero attached hydrogens (tertiary/aromatic N) is 1. The Bertz CT molecular complexity index is 182. The summed E-state index contributed by atoms with van der Waals surface area (Å²) in [7, 11) is 0. The second-order valence-electron chi connectivity index (χ2n) is 2.67. The monoisotopic (exact) mass is 283 g/mol. The summed E-state index contributed by atoms with van der Waals surface area (Å²) in [6.07, 6.45) is 0.808. The normalized spacial score (nSPS) is 12.3. The van der Waals surface area contributed by atoms with Crippen LogP contribution >= 0.6 is 22.6 Å². The first-order valence-electron chi connectivity index (χ1n) is 3.93. The number of carbonyl (C=O) groups is 2. The summed E-state index contributed by atoms with van der Waals surface area (Å²) in [6, 6.07) is 0.0183. The molecule has 1 atom stereocenters. The standard InChI is InChI=1S/C8H14INO2/c1-4-6(2)10(7(3)11)8(12)5-9/h6H,4-5H2,1-3H3. The van der Waals surface area contributed by atoms with Gasteiger partial charge in [-0.1, -0.05) is 29.5 Å². The molecule has 0 radical (unpaired) electrons. The third kappa shape index (κ3) is 3.08. The van der Waals surface area contributed by atoms with E-state index in [0.29, 0.717) is 4.43 Å². The smallest absolute Gasteiger partial charge is 0.239 e. The van der Waals surface area contributed by atoms with E-state index in [9.17, 15) is 9.59 Å². The van der Waals surface area contributed by atoms with Gasteiger partial charge in [-0.2, -0.15) is 0 Å². The van der Waals surface area contributed by atoms with Crippen LogP contribution in [0.4, 0.5) is 0 Å². The van der Waals surface area contributed by atoms with E-state index in [2.05, 4.69) is 0 Å². The highest BCUT2D eigenvalue weighted by molar-refractivity contribution is 14.1. The van der Waals surface area contributed by atoms with Crippen molar-refractivity contribution in [2.75, 3.05) is 4.43 Å². The number of hydrogen-bond acceptors (Lipinski definition) is 2. The molecule has 0 spiro atoms. The highest BCUT2D eigenvalue weighted by atomic mass is 127. The molecule has 2 amide bonds. The molecule has 0 bridgehead atoms. The molecule has 70 valence electrons. The summed E-state index contributed by atoms with van der Waals surface area (Å²) in [6.45, 7) is 5.27. The molecule has 0 aromatic rings. The van der Waals surface area contributed by atoms with Gasteiger partial charge in [0.2, 0.25) is 11.8 Å². The molecule has 0 aliphatic heterocycles. The largest absolute Gasteiger partial charge is 0.279 e. The molecule has 4 heteroatoms. The van der Waals surface area contributed by atoms with Crippen molar-refractivity contribution in [1.29, 1.82) is 0 Å². The van der Waals surface area contributed by atoms with Gasteiger partial charge in [-0.05, 0) is 13.3 Å². The van der Waals surface area contributed by atoms with E-state index in [-0.39, 0.29) is 17.9 Å². The van der Waals surface area contributed by atoms with Gasteiger partial charge in [-0.15, -0.1) is 0 Å². The first kappa shape index (κ1) is 11.9. The lowest BCUT2D eigenvalue weighted by Gasteiger charge is -2.24. The molecule has 0 aromatic carbocycles. The average Bonchev–Trinajstić information content (AvgIpc) is 2.03. The summed E-state index contributed by atoms with van der Waals surface area (Å²) in [4.78, 5) is 23.6. The predicted molar refractivity (Wildman–Crippen MR) is 56.2 cm³/mol. The molecule has 0 saturated heterocycles. The molecule has 0 saturated carbocycles. The first-order valence-corrected chi connectivity index (χ1v) is 5.45. The zero-order valence-corrected chi connectivity index (χ0v) is 9.79. The lowest BCUT2D eigenvalue weighted by molar-refractivity contribution is -0.144. The van der Waals surface area contributed by atoms with E-state index in [1.54, 1.807) is 0 Å². The number of rotatable bonds is 3. The fourth-order valence-corrected chi connectivity index (χ4v) is 1.35. The topological polar surface area (TPSA) is 37.4 Å². The Hall–Kier alpha value is -0.130. The minimum atomic E-state index is -0.161. The third-order valence-electron chi connectivity index (χ3n) is 1.75. The van der Waals surface area contributed by atoms with Crippen molar-refractivity contribution >= 4 is 34.4 Å². The maximum atomic E-state index is 11.3. The second kappa shape index (κ2) is 5.50. The van der Waals surface area contributed by atoms with Crippen LogP contribution in [-0.4, -0.2) is 27.2 Å². The van der Waals surface area contributed by atoms with E-state index in [1.165, 1.54) is 11.8 Å². The fraction of sp³-hybridized carbons (Fsp3) is 0.750. The molecule has 1 unspecified atom stereocenters. The zero-order chi connectivity index (χ0) is 9.72. The molecular formula is C8H14INO2. The molecule has 0 aliphatic rings. The van der Waals surface area contributed by atoms with Gasteiger partial charge in [-0.3, -0.25) is 14.5 Å². The molecule has 0 aliphatic carbocycles. The van der Waals surface area contributed by atoms with Gasteiger partial charge in [0.25, 0.3) is 0 Å². The lowest BCUT2D eigenvalue weighted by Crippen LogP contribution is -2.42. The molecule has 12 heavy (non-hydrogen) atoms. The predicted octanol–water partition coefficient (Wildman–Crippen LogP) is 1.60. The fourth-order valence-electron chi connectivity index (χ4n) is 0.979. The van der Waals surface area contributed by atoms with E-state index in [4.69, 9.17) is 0 Å². The molecule has 0 rings (SSSR count). The molecule has 0 heterocycles. The SMILES string of the molecule is CCC(C)N(C(C)=O)C(=O)CI. The second-order valence-corrected chi connectivity index (χ2v) is 3.44. The highest BCUT2D eigenvalue weighted by Crippen LogP contribution is 2.05.